The SMILES string of the molecule is Cc1nn(C)c(C)c1CNC(=O)c1cc(COc2ccc(Cl)cc2)cs1. The van der Waals surface area contributed by atoms with Crippen molar-refractivity contribution in [3.05, 3.63) is 68.1 Å². The summed E-state index contributed by atoms with van der Waals surface area (Å²) in [5, 5.41) is 9.94. The zero-order valence-corrected chi connectivity index (χ0v) is 16.4. The number of carbonyl (C=O) groups excluding carboxylic acids is 1. The Morgan fingerprint density at radius 3 is 2.69 bits per heavy atom. The molecule has 0 atom stereocenters. The molecule has 7 heteroatoms. The lowest BCUT2D eigenvalue weighted by Gasteiger charge is -2.05. The second kappa shape index (κ2) is 7.93. The molecule has 0 aliphatic heterocycles. The molecule has 26 heavy (non-hydrogen) atoms. The minimum Gasteiger partial charge on any atom is -0.489 e. The second-order valence-electron chi connectivity index (χ2n) is 6.02. The molecular weight excluding hydrogens is 370 g/mol. The Morgan fingerprint density at radius 1 is 1.31 bits per heavy atom. The Kier molecular flexibility index (Phi) is 5.64. The maximum atomic E-state index is 12.4. The van der Waals surface area contributed by atoms with Crippen molar-refractivity contribution in [2.75, 3.05) is 0 Å². The molecule has 0 fully saturated rings. The molecule has 0 aliphatic carbocycles. The van der Waals surface area contributed by atoms with E-state index < -0.39 is 0 Å². The van der Waals surface area contributed by atoms with Gasteiger partial charge in [0.1, 0.15) is 12.4 Å². The van der Waals surface area contributed by atoms with E-state index in [-0.39, 0.29) is 5.91 Å². The van der Waals surface area contributed by atoms with Crippen molar-refractivity contribution in [3.63, 3.8) is 0 Å². The Hall–Kier alpha value is -2.31. The van der Waals surface area contributed by atoms with Crippen LogP contribution in [0, 0.1) is 13.8 Å². The van der Waals surface area contributed by atoms with E-state index in [2.05, 4.69) is 10.4 Å². The van der Waals surface area contributed by atoms with Crippen LogP contribution >= 0.6 is 22.9 Å². The molecule has 0 saturated heterocycles. The van der Waals surface area contributed by atoms with Gasteiger partial charge in [-0.1, -0.05) is 11.6 Å². The molecule has 2 heterocycles. The number of carbonyl (C=O) groups is 1. The van der Waals surface area contributed by atoms with E-state index >= 15 is 0 Å². The van der Waals surface area contributed by atoms with Crippen LogP contribution < -0.4 is 10.1 Å². The predicted molar refractivity (Wildman–Crippen MR) is 104 cm³/mol. The third-order valence-electron chi connectivity index (χ3n) is 4.18. The first-order valence-corrected chi connectivity index (χ1v) is 9.43. The van der Waals surface area contributed by atoms with E-state index in [1.54, 1.807) is 12.1 Å². The number of nitrogens with one attached hydrogen (secondary N) is 1. The van der Waals surface area contributed by atoms with Gasteiger partial charge >= 0.3 is 0 Å². The molecule has 5 nitrogen and oxygen atoms in total. The third kappa shape index (κ3) is 4.26. The summed E-state index contributed by atoms with van der Waals surface area (Å²) >= 11 is 7.27. The monoisotopic (exact) mass is 389 g/mol. The van der Waals surface area contributed by atoms with Gasteiger partial charge in [0.25, 0.3) is 5.91 Å². The highest BCUT2D eigenvalue weighted by molar-refractivity contribution is 7.12. The van der Waals surface area contributed by atoms with Gasteiger partial charge in [-0.05, 0) is 49.6 Å². The normalized spacial score (nSPS) is 10.8. The van der Waals surface area contributed by atoms with Crippen LogP contribution in [0.25, 0.3) is 0 Å². The predicted octanol–water partition coefficient (Wildman–Crippen LogP) is 4.26. The first kappa shape index (κ1) is 18.5. The number of aromatic nitrogens is 2. The van der Waals surface area contributed by atoms with E-state index in [1.165, 1.54) is 11.3 Å². The van der Waals surface area contributed by atoms with Crippen molar-refractivity contribution in [2.45, 2.75) is 27.0 Å². The average Bonchev–Trinajstić information content (AvgIpc) is 3.18. The molecule has 1 N–H and O–H groups in total. The van der Waals surface area contributed by atoms with Gasteiger partial charge in [0.2, 0.25) is 0 Å². The maximum Gasteiger partial charge on any atom is 0.261 e. The molecule has 3 aromatic rings. The standard InChI is InChI=1S/C19H20ClN3O2S/c1-12-17(13(2)23(3)22-12)9-21-19(24)18-8-14(11-26-18)10-25-16-6-4-15(20)5-7-16/h4-8,11H,9-10H2,1-3H3,(H,21,24). The third-order valence-corrected chi connectivity index (χ3v) is 5.41. The average molecular weight is 390 g/mol. The molecule has 3 rings (SSSR count). The number of amides is 1. The highest BCUT2D eigenvalue weighted by Gasteiger charge is 2.13. The fraction of sp³-hybridized carbons (Fsp3) is 0.263. The quantitative estimate of drug-likeness (QED) is 0.685. The number of nitrogens with zero attached hydrogens (tertiary/aromatic N) is 2. The number of ether oxygens (including phenoxy) is 1. The smallest absolute Gasteiger partial charge is 0.261 e. The molecule has 0 bridgehead atoms. The minimum absolute atomic E-state index is 0.0876. The topological polar surface area (TPSA) is 56.2 Å². The molecular formula is C19H20ClN3O2S. The molecule has 2 aromatic heterocycles. The van der Waals surface area contributed by atoms with Crippen LogP contribution in [0.1, 0.15) is 32.2 Å². The van der Waals surface area contributed by atoms with Crippen LogP contribution in [-0.4, -0.2) is 15.7 Å². The van der Waals surface area contributed by atoms with E-state index in [0.29, 0.717) is 23.1 Å². The van der Waals surface area contributed by atoms with Crippen LogP contribution in [0.3, 0.4) is 0 Å². The van der Waals surface area contributed by atoms with Crippen molar-refractivity contribution in [1.82, 2.24) is 15.1 Å². The summed E-state index contributed by atoms with van der Waals surface area (Å²) in [5.74, 6) is 0.657. The molecule has 0 unspecified atom stereocenters. The van der Waals surface area contributed by atoms with Crippen molar-refractivity contribution in [1.29, 1.82) is 0 Å². The Morgan fingerprint density at radius 2 is 2.04 bits per heavy atom. The lowest BCUT2D eigenvalue weighted by Crippen LogP contribution is -2.22. The fourth-order valence-corrected chi connectivity index (χ4v) is 3.54. The first-order valence-electron chi connectivity index (χ1n) is 8.17. The highest BCUT2D eigenvalue weighted by Crippen LogP contribution is 2.20. The Balaban J connectivity index is 1.56. The summed E-state index contributed by atoms with van der Waals surface area (Å²) in [5.41, 5.74) is 4.02. The largest absolute Gasteiger partial charge is 0.489 e. The highest BCUT2D eigenvalue weighted by atomic mass is 35.5. The summed E-state index contributed by atoms with van der Waals surface area (Å²) in [6, 6.07) is 9.07. The summed E-state index contributed by atoms with van der Waals surface area (Å²) in [6.07, 6.45) is 0. The molecule has 136 valence electrons. The van der Waals surface area contributed by atoms with Crippen LogP contribution in [0.2, 0.25) is 5.02 Å². The Bertz CT molecular complexity index is 916. The number of benzene rings is 1. The van der Waals surface area contributed by atoms with E-state index in [4.69, 9.17) is 16.3 Å². The Labute approximate surface area is 161 Å². The van der Waals surface area contributed by atoms with Gasteiger partial charge < -0.3 is 10.1 Å². The minimum atomic E-state index is -0.0876. The number of rotatable bonds is 6. The van der Waals surface area contributed by atoms with Crippen molar-refractivity contribution in [2.24, 2.45) is 7.05 Å². The lowest BCUT2D eigenvalue weighted by atomic mass is 10.2. The number of aryl methyl sites for hydroxylation is 2. The zero-order valence-electron chi connectivity index (χ0n) is 14.9. The van der Waals surface area contributed by atoms with Gasteiger partial charge in [0, 0.05) is 35.4 Å². The zero-order chi connectivity index (χ0) is 18.7. The van der Waals surface area contributed by atoms with Crippen molar-refractivity contribution < 1.29 is 9.53 Å². The van der Waals surface area contributed by atoms with Gasteiger partial charge in [-0.3, -0.25) is 9.48 Å². The van der Waals surface area contributed by atoms with E-state index in [9.17, 15) is 4.79 Å². The number of hydrogen-bond donors (Lipinski definition) is 1. The van der Waals surface area contributed by atoms with Crippen LogP contribution in [0.4, 0.5) is 0 Å². The van der Waals surface area contributed by atoms with Gasteiger partial charge in [-0.25, -0.2) is 0 Å². The molecule has 1 aromatic carbocycles. The van der Waals surface area contributed by atoms with Crippen molar-refractivity contribution >= 4 is 28.8 Å². The number of halogens is 1. The molecule has 1 amide bonds. The maximum absolute atomic E-state index is 12.4. The second-order valence-corrected chi connectivity index (χ2v) is 7.37. The van der Waals surface area contributed by atoms with Gasteiger partial charge in [0.05, 0.1) is 10.6 Å². The van der Waals surface area contributed by atoms with Crippen LogP contribution in [0.15, 0.2) is 35.7 Å². The van der Waals surface area contributed by atoms with Crippen LogP contribution in [-0.2, 0) is 20.2 Å². The van der Waals surface area contributed by atoms with E-state index in [0.717, 1.165) is 28.3 Å². The number of thiophene rings is 1. The summed E-state index contributed by atoms with van der Waals surface area (Å²) in [6.45, 7) is 4.83. The molecule has 0 aliphatic rings. The van der Waals surface area contributed by atoms with Crippen LogP contribution in [0.5, 0.6) is 5.75 Å². The summed E-state index contributed by atoms with van der Waals surface area (Å²) < 4.78 is 7.54. The van der Waals surface area contributed by atoms with Gasteiger partial charge in [-0.15, -0.1) is 11.3 Å². The molecule has 0 saturated carbocycles. The summed E-state index contributed by atoms with van der Waals surface area (Å²) in [4.78, 5) is 13.1. The van der Waals surface area contributed by atoms with Crippen molar-refractivity contribution in [3.8, 4) is 5.75 Å². The number of hydrogen-bond acceptors (Lipinski definition) is 4. The fourth-order valence-electron chi connectivity index (χ4n) is 2.60. The van der Waals surface area contributed by atoms with Gasteiger partial charge in [-0.2, -0.15) is 5.10 Å². The molecule has 0 spiro atoms. The van der Waals surface area contributed by atoms with E-state index in [1.807, 2.05) is 49.2 Å². The van der Waals surface area contributed by atoms with Gasteiger partial charge in [0.15, 0.2) is 0 Å². The lowest BCUT2D eigenvalue weighted by molar-refractivity contribution is 0.0955. The summed E-state index contributed by atoms with van der Waals surface area (Å²) in [7, 11) is 1.90. The first-order chi connectivity index (χ1) is 12.4. The molecule has 0 radical (unpaired) electrons.